The summed E-state index contributed by atoms with van der Waals surface area (Å²) in [5.74, 6) is 0.338. The van der Waals surface area contributed by atoms with Crippen LogP contribution in [0.2, 0.25) is 0 Å². The van der Waals surface area contributed by atoms with E-state index in [0.29, 0.717) is 20.6 Å². The summed E-state index contributed by atoms with van der Waals surface area (Å²) in [4.78, 5) is 34.3. The normalized spacial score (nSPS) is 14.8. The van der Waals surface area contributed by atoms with Crippen molar-refractivity contribution in [3.05, 3.63) is 127 Å². The van der Waals surface area contributed by atoms with Crippen LogP contribution >= 0.6 is 23.1 Å². The number of esters is 1. The van der Waals surface area contributed by atoms with Crippen molar-refractivity contribution in [2.45, 2.75) is 64.7 Å². The molecule has 3 aromatic carbocycles. The third-order valence-corrected chi connectivity index (χ3v) is 9.60. The summed E-state index contributed by atoms with van der Waals surface area (Å²) in [5.41, 5.74) is 5.75. The molecule has 0 saturated carbocycles. The SMILES string of the molecule is CSc1ccc(C2C(C(=O)OC(C)C)=C(C)N=c3sc(=Cc4cn(-c5ccccc5)nc4-c4ccc(OC(C)C)c(C)c4)c(=O)n32)cc1. The highest BCUT2D eigenvalue weighted by atomic mass is 32.2. The van der Waals surface area contributed by atoms with Crippen LogP contribution in [0.15, 0.2) is 105 Å². The predicted octanol–water partition coefficient (Wildman–Crippen LogP) is 6.86. The summed E-state index contributed by atoms with van der Waals surface area (Å²) >= 11 is 2.93. The Morgan fingerprint density at radius 3 is 2.35 bits per heavy atom. The third kappa shape index (κ3) is 6.68. The van der Waals surface area contributed by atoms with E-state index < -0.39 is 12.0 Å². The Hall–Kier alpha value is -4.67. The van der Waals surface area contributed by atoms with Gasteiger partial charge >= 0.3 is 5.97 Å². The molecule has 0 spiro atoms. The number of carbonyl (C=O) groups is 1. The van der Waals surface area contributed by atoms with Gasteiger partial charge in [0.2, 0.25) is 0 Å². The van der Waals surface area contributed by atoms with Crippen LogP contribution in [0.4, 0.5) is 0 Å². The minimum Gasteiger partial charge on any atom is -0.491 e. The molecule has 2 aromatic heterocycles. The van der Waals surface area contributed by atoms with E-state index in [2.05, 4.69) is 6.07 Å². The molecule has 0 bridgehead atoms. The van der Waals surface area contributed by atoms with Crippen LogP contribution in [0, 0.1) is 6.92 Å². The van der Waals surface area contributed by atoms with E-state index in [4.69, 9.17) is 19.6 Å². The Labute approximate surface area is 288 Å². The number of ether oxygens (including phenoxy) is 2. The van der Waals surface area contributed by atoms with E-state index in [1.807, 2.05) is 125 Å². The van der Waals surface area contributed by atoms with Gasteiger partial charge in [-0.3, -0.25) is 9.36 Å². The number of aromatic nitrogens is 3. The number of para-hydroxylation sites is 1. The zero-order chi connectivity index (χ0) is 34.1. The number of fused-ring (bicyclic) bond motifs is 1. The van der Waals surface area contributed by atoms with E-state index in [-0.39, 0.29) is 17.8 Å². The second-order valence-corrected chi connectivity index (χ2v) is 14.1. The highest BCUT2D eigenvalue weighted by Crippen LogP contribution is 2.33. The lowest BCUT2D eigenvalue weighted by Gasteiger charge is -2.25. The maximum Gasteiger partial charge on any atom is 0.338 e. The second kappa shape index (κ2) is 13.8. The molecule has 246 valence electrons. The van der Waals surface area contributed by atoms with E-state index in [1.54, 1.807) is 23.3 Å². The Morgan fingerprint density at radius 2 is 1.71 bits per heavy atom. The van der Waals surface area contributed by atoms with Gasteiger partial charge in [-0.2, -0.15) is 5.10 Å². The van der Waals surface area contributed by atoms with Gasteiger partial charge in [0.25, 0.3) is 5.56 Å². The van der Waals surface area contributed by atoms with Crippen molar-refractivity contribution in [1.82, 2.24) is 14.3 Å². The van der Waals surface area contributed by atoms with Crippen molar-refractivity contribution < 1.29 is 14.3 Å². The molecule has 0 amide bonds. The van der Waals surface area contributed by atoms with Crippen LogP contribution in [-0.2, 0) is 9.53 Å². The Balaban J connectivity index is 1.53. The number of benzene rings is 3. The summed E-state index contributed by atoms with van der Waals surface area (Å²) in [6.07, 6.45) is 5.55. The summed E-state index contributed by atoms with van der Waals surface area (Å²) in [5, 5.41) is 4.99. The van der Waals surface area contributed by atoms with E-state index in [0.717, 1.165) is 44.3 Å². The molecular weight excluding hydrogens is 641 g/mol. The van der Waals surface area contributed by atoms with Gasteiger partial charge in [0.05, 0.1) is 39.7 Å². The molecule has 0 saturated heterocycles. The van der Waals surface area contributed by atoms with Gasteiger partial charge in [-0.1, -0.05) is 41.7 Å². The zero-order valence-corrected chi connectivity index (χ0v) is 29.7. The fraction of sp³-hybridized carbons (Fsp3) is 0.263. The van der Waals surface area contributed by atoms with Gasteiger partial charge in [0.15, 0.2) is 4.80 Å². The lowest BCUT2D eigenvalue weighted by atomic mass is 9.96. The van der Waals surface area contributed by atoms with Gasteiger partial charge in [-0.25, -0.2) is 14.5 Å². The first kappa shape index (κ1) is 33.2. The first-order valence-electron chi connectivity index (χ1n) is 15.8. The van der Waals surface area contributed by atoms with Crippen LogP contribution in [0.1, 0.15) is 57.4 Å². The van der Waals surface area contributed by atoms with Crippen LogP contribution in [0.5, 0.6) is 5.75 Å². The van der Waals surface area contributed by atoms with Crippen molar-refractivity contribution in [3.8, 4) is 22.7 Å². The average molecular weight is 679 g/mol. The number of thiazole rings is 1. The monoisotopic (exact) mass is 678 g/mol. The van der Waals surface area contributed by atoms with Gasteiger partial charge in [0, 0.05) is 22.2 Å². The molecule has 8 nitrogen and oxygen atoms in total. The van der Waals surface area contributed by atoms with Crippen molar-refractivity contribution in [3.63, 3.8) is 0 Å². The van der Waals surface area contributed by atoms with Crippen molar-refractivity contribution in [2.75, 3.05) is 6.26 Å². The number of rotatable bonds is 9. The average Bonchev–Trinajstić information content (AvgIpc) is 3.61. The number of hydrogen-bond acceptors (Lipinski definition) is 8. The quantitative estimate of drug-likeness (QED) is 0.125. The molecule has 48 heavy (non-hydrogen) atoms. The number of hydrogen-bond donors (Lipinski definition) is 0. The molecule has 6 rings (SSSR count). The highest BCUT2D eigenvalue weighted by molar-refractivity contribution is 7.98. The standard InChI is InChI=1S/C38H38N4O4S2/c1-22(2)45-31-18-15-27(19-24(31)5)34-28(21-41(40-34)29-11-9-8-10-12-29)20-32-36(43)42-35(26-13-16-30(47-7)17-14-26)33(37(44)46-23(3)4)25(6)39-38(42)48-32/h8-23,35H,1-7H3. The van der Waals surface area contributed by atoms with Gasteiger partial charge in [-0.05, 0) is 107 Å². The number of nitrogens with zero attached hydrogens (tertiary/aromatic N) is 4. The van der Waals surface area contributed by atoms with Crippen molar-refractivity contribution >= 4 is 35.1 Å². The zero-order valence-electron chi connectivity index (χ0n) is 28.1. The Bertz CT molecular complexity index is 2190. The van der Waals surface area contributed by atoms with Crippen LogP contribution in [-0.4, -0.2) is 38.8 Å². The van der Waals surface area contributed by atoms with Gasteiger partial charge in [-0.15, -0.1) is 11.8 Å². The smallest absolute Gasteiger partial charge is 0.338 e. The molecule has 0 radical (unpaired) electrons. The summed E-state index contributed by atoms with van der Waals surface area (Å²) in [7, 11) is 0. The molecule has 0 N–H and O–H groups in total. The summed E-state index contributed by atoms with van der Waals surface area (Å²) in [6, 6.07) is 23.1. The first-order chi connectivity index (χ1) is 23.0. The third-order valence-electron chi connectivity index (χ3n) is 7.88. The highest BCUT2D eigenvalue weighted by Gasteiger charge is 2.34. The Kier molecular flexibility index (Phi) is 9.57. The fourth-order valence-corrected chi connectivity index (χ4v) is 7.16. The predicted molar refractivity (Wildman–Crippen MR) is 193 cm³/mol. The van der Waals surface area contributed by atoms with Gasteiger partial charge in [0.1, 0.15) is 11.4 Å². The first-order valence-corrected chi connectivity index (χ1v) is 17.9. The van der Waals surface area contributed by atoms with E-state index >= 15 is 0 Å². The number of allylic oxidation sites excluding steroid dienone is 1. The molecule has 1 aliphatic rings. The molecule has 1 aliphatic heterocycles. The van der Waals surface area contributed by atoms with Gasteiger partial charge < -0.3 is 9.47 Å². The summed E-state index contributed by atoms with van der Waals surface area (Å²) in [6.45, 7) is 11.4. The number of carbonyl (C=O) groups excluding carboxylic acids is 1. The number of thioether (sulfide) groups is 1. The van der Waals surface area contributed by atoms with Crippen molar-refractivity contribution in [1.29, 1.82) is 0 Å². The maximum atomic E-state index is 14.4. The lowest BCUT2D eigenvalue weighted by Crippen LogP contribution is -2.40. The van der Waals surface area contributed by atoms with E-state index in [1.165, 1.54) is 11.3 Å². The molecule has 1 atom stereocenters. The molecule has 3 heterocycles. The molecule has 1 unspecified atom stereocenters. The molecule has 0 fully saturated rings. The number of aryl methyl sites for hydroxylation is 1. The van der Waals surface area contributed by atoms with Crippen LogP contribution in [0.3, 0.4) is 0 Å². The second-order valence-electron chi connectivity index (χ2n) is 12.2. The molecule has 10 heteroatoms. The molecule has 5 aromatic rings. The lowest BCUT2D eigenvalue weighted by molar-refractivity contribution is -0.143. The Morgan fingerprint density at radius 1 is 0.979 bits per heavy atom. The van der Waals surface area contributed by atoms with Crippen molar-refractivity contribution in [2.24, 2.45) is 4.99 Å². The molecule has 0 aliphatic carbocycles. The maximum absolute atomic E-state index is 14.4. The van der Waals surface area contributed by atoms with Crippen LogP contribution in [0.25, 0.3) is 23.0 Å². The summed E-state index contributed by atoms with van der Waals surface area (Å²) < 4.78 is 15.6. The van der Waals surface area contributed by atoms with Crippen LogP contribution < -0.4 is 19.6 Å². The molecular formula is C38H38N4O4S2. The fourth-order valence-electron chi connectivity index (χ4n) is 5.72. The minimum atomic E-state index is -0.687. The topological polar surface area (TPSA) is 87.7 Å². The largest absolute Gasteiger partial charge is 0.491 e. The van der Waals surface area contributed by atoms with E-state index in [9.17, 15) is 9.59 Å². The minimum absolute atomic E-state index is 0.0529.